The Bertz CT molecular complexity index is 1630. The number of benzene rings is 2. The molecule has 0 aliphatic carbocycles. The van der Waals surface area contributed by atoms with Gasteiger partial charge in [0, 0.05) is 50.8 Å². The maximum absolute atomic E-state index is 15.8. The van der Waals surface area contributed by atoms with Crippen LogP contribution in [0.25, 0.3) is 16.6 Å². The van der Waals surface area contributed by atoms with Crippen molar-refractivity contribution in [3.05, 3.63) is 88.1 Å². The van der Waals surface area contributed by atoms with E-state index >= 15 is 4.39 Å². The number of nitrogens with zero attached hydrogens (tertiary/aromatic N) is 5. The fourth-order valence-corrected chi connectivity index (χ4v) is 5.92. The molecule has 2 fully saturated rings. The summed E-state index contributed by atoms with van der Waals surface area (Å²) in [4.78, 5) is 36.2. The lowest BCUT2D eigenvalue weighted by Gasteiger charge is -2.37. The fourth-order valence-electron chi connectivity index (χ4n) is 5.92. The van der Waals surface area contributed by atoms with Crippen LogP contribution in [-0.4, -0.2) is 71.9 Å². The van der Waals surface area contributed by atoms with Crippen LogP contribution in [0.2, 0.25) is 0 Å². The van der Waals surface area contributed by atoms with E-state index in [1.807, 2.05) is 47.4 Å². The summed E-state index contributed by atoms with van der Waals surface area (Å²) in [6, 6.07) is 14.7. The molecule has 212 valence electrons. The summed E-state index contributed by atoms with van der Waals surface area (Å²) >= 11 is 0. The van der Waals surface area contributed by atoms with Crippen molar-refractivity contribution in [2.45, 2.75) is 19.4 Å². The Morgan fingerprint density at radius 3 is 2.34 bits per heavy atom. The maximum atomic E-state index is 15.8. The fraction of sp³-hybridized carbons (Fsp3) is 0.323. The summed E-state index contributed by atoms with van der Waals surface area (Å²) in [6.45, 7) is 5.28. The van der Waals surface area contributed by atoms with Gasteiger partial charge in [0.2, 0.25) is 5.43 Å². The van der Waals surface area contributed by atoms with Gasteiger partial charge >= 0.3 is 5.97 Å². The second kappa shape index (κ2) is 11.2. The number of methoxy groups -OCH3 is 1. The number of carboxylic acids is 1. The lowest BCUT2D eigenvalue weighted by atomic mass is 10.1. The zero-order valence-corrected chi connectivity index (χ0v) is 22.9. The predicted molar refractivity (Wildman–Crippen MR) is 156 cm³/mol. The van der Waals surface area contributed by atoms with E-state index in [2.05, 4.69) is 14.8 Å². The normalized spacial score (nSPS) is 16.0. The largest absolute Gasteiger partial charge is 0.492 e. The highest BCUT2D eigenvalue weighted by Crippen LogP contribution is 2.39. The molecule has 2 aliphatic rings. The first kappa shape index (κ1) is 26.8. The van der Waals surface area contributed by atoms with E-state index in [0.717, 1.165) is 37.1 Å². The Morgan fingerprint density at radius 1 is 1.00 bits per heavy atom. The Hall–Kier alpha value is -4.44. The molecule has 41 heavy (non-hydrogen) atoms. The molecule has 2 aromatic carbocycles. The molecule has 0 atom stereocenters. The van der Waals surface area contributed by atoms with E-state index < -0.39 is 22.8 Å². The first-order chi connectivity index (χ1) is 19.9. The van der Waals surface area contributed by atoms with Gasteiger partial charge in [0.15, 0.2) is 11.6 Å². The standard InChI is InChI=1S/C31H32FN5O4/c1-41-30-27-23(18-25(32)28(30)36-16-14-35(15-17-36)26-6-2-3-11-33-26)29(38)24(31(39)40)20-37(27)22-9-7-21(8-10-22)19-34-12-4-5-13-34/h2-3,6-11,18,20H,4-5,12-17,19H2,1H3,(H,39,40). The zero-order valence-electron chi connectivity index (χ0n) is 22.9. The van der Waals surface area contributed by atoms with Gasteiger partial charge in [0.25, 0.3) is 0 Å². The molecule has 9 nitrogen and oxygen atoms in total. The molecule has 2 aliphatic heterocycles. The summed E-state index contributed by atoms with van der Waals surface area (Å²) in [5.41, 5.74) is 1.19. The van der Waals surface area contributed by atoms with Crippen LogP contribution in [0, 0.1) is 5.82 Å². The van der Waals surface area contributed by atoms with Gasteiger partial charge in [-0.2, -0.15) is 0 Å². The van der Waals surface area contributed by atoms with Crippen LogP contribution in [0.4, 0.5) is 15.9 Å². The number of fused-ring (bicyclic) bond motifs is 1. The minimum absolute atomic E-state index is 0.0451. The monoisotopic (exact) mass is 557 g/mol. The number of piperazine rings is 1. The van der Waals surface area contributed by atoms with E-state index in [1.54, 1.807) is 10.8 Å². The second-order valence-electron chi connectivity index (χ2n) is 10.5. The van der Waals surface area contributed by atoms with Crippen LogP contribution in [0.15, 0.2) is 65.7 Å². The topological polar surface area (TPSA) is 91.1 Å². The van der Waals surface area contributed by atoms with Gasteiger partial charge in [-0.1, -0.05) is 18.2 Å². The highest BCUT2D eigenvalue weighted by Gasteiger charge is 2.28. The number of carbonyl (C=O) groups is 1. The third-order valence-electron chi connectivity index (χ3n) is 7.99. The molecule has 0 amide bonds. The van der Waals surface area contributed by atoms with Crippen LogP contribution < -0.4 is 20.0 Å². The zero-order chi connectivity index (χ0) is 28.5. The number of carboxylic acid groups (broad SMARTS) is 1. The highest BCUT2D eigenvalue weighted by molar-refractivity contribution is 5.97. The van der Waals surface area contributed by atoms with Gasteiger partial charge in [-0.15, -0.1) is 0 Å². The van der Waals surface area contributed by atoms with Crippen LogP contribution in [0.5, 0.6) is 5.75 Å². The van der Waals surface area contributed by atoms with Crippen molar-refractivity contribution in [3.8, 4) is 11.4 Å². The SMILES string of the molecule is COc1c(N2CCN(c3ccccn3)CC2)c(F)cc2c(=O)c(C(=O)O)cn(-c3ccc(CN4CCCC4)cc3)c12. The van der Waals surface area contributed by atoms with E-state index in [4.69, 9.17) is 4.74 Å². The summed E-state index contributed by atoms with van der Waals surface area (Å²) < 4.78 is 23.3. The van der Waals surface area contributed by atoms with Crippen LogP contribution >= 0.6 is 0 Å². The third kappa shape index (κ3) is 5.11. The van der Waals surface area contributed by atoms with E-state index in [-0.39, 0.29) is 16.8 Å². The third-order valence-corrected chi connectivity index (χ3v) is 7.99. The second-order valence-corrected chi connectivity index (χ2v) is 10.5. The molecule has 0 spiro atoms. The van der Waals surface area contributed by atoms with Crippen molar-refractivity contribution < 1.29 is 19.0 Å². The molecule has 0 radical (unpaired) electrons. The number of halogens is 1. The Kier molecular flexibility index (Phi) is 7.32. The molecule has 4 aromatic rings. The molecule has 6 rings (SSSR count). The molecule has 4 heterocycles. The summed E-state index contributed by atoms with van der Waals surface area (Å²) in [5, 5.41) is 9.77. The predicted octanol–water partition coefficient (Wildman–Crippen LogP) is 4.15. The van der Waals surface area contributed by atoms with Crippen molar-refractivity contribution in [2.75, 3.05) is 56.2 Å². The van der Waals surface area contributed by atoms with Gasteiger partial charge in [0.05, 0.1) is 12.5 Å². The van der Waals surface area contributed by atoms with Crippen molar-refractivity contribution >= 4 is 28.4 Å². The molecule has 0 saturated carbocycles. The number of likely N-dealkylation sites (tertiary alicyclic amines) is 1. The van der Waals surface area contributed by atoms with Crippen molar-refractivity contribution in [1.29, 1.82) is 0 Å². The Morgan fingerprint density at radius 2 is 1.71 bits per heavy atom. The van der Waals surface area contributed by atoms with E-state index in [1.165, 1.54) is 26.1 Å². The highest BCUT2D eigenvalue weighted by atomic mass is 19.1. The van der Waals surface area contributed by atoms with E-state index in [9.17, 15) is 14.7 Å². The molecule has 2 aromatic heterocycles. The molecular formula is C31H32FN5O4. The number of anilines is 2. The summed E-state index contributed by atoms with van der Waals surface area (Å²) in [5.74, 6) is -0.944. The van der Waals surface area contributed by atoms with Crippen molar-refractivity contribution in [1.82, 2.24) is 14.5 Å². The number of hydrogen-bond acceptors (Lipinski definition) is 7. The lowest BCUT2D eigenvalue weighted by molar-refractivity contribution is 0.0695. The van der Waals surface area contributed by atoms with Gasteiger partial charge in [0.1, 0.15) is 22.6 Å². The minimum Gasteiger partial charge on any atom is -0.492 e. The lowest BCUT2D eigenvalue weighted by Crippen LogP contribution is -2.47. The number of rotatable bonds is 7. The molecule has 0 bridgehead atoms. The summed E-state index contributed by atoms with van der Waals surface area (Å²) in [7, 11) is 1.45. The van der Waals surface area contributed by atoms with Gasteiger partial charge in [-0.25, -0.2) is 14.2 Å². The van der Waals surface area contributed by atoms with Gasteiger partial charge < -0.3 is 24.2 Å². The minimum atomic E-state index is -1.37. The molecular weight excluding hydrogens is 525 g/mol. The molecule has 0 unspecified atom stereocenters. The first-order valence-corrected chi connectivity index (χ1v) is 13.9. The number of aromatic nitrogens is 2. The van der Waals surface area contributed by atoms with Crippen LogP contribution in [0.1, 0.15) is 28.8 Å². The number of aromatic carboxylic acids is 1. The maximum Gasteiger partial charge on any atom is 0.341 e. The Balaban J connectivity index is 1.43. The number of hydrogen-bond donors (Lipinski definition) is 1. The summed E-state index contributed by atoms with van der Waals surface area (Å²) in [6.07, 6.45) is 5.47. The van der Waals surface area contributed by atoms with Gasteiger partial charge in [-0.05, 0) is 61.8 Å². The van der Waals surface area contributed by atoms with Crippen LogP contribution in [0.3, 0.4) is 0 Å². The average Bonchev–Trinajstić information content (AvgIpc) is 3.51. The number of ether oxygens (including phenoxy) is 1. The quantitative estimate of drug-likeness (QED) is 0.363. The average molecular weight is 558 g/mol. The number of pyridine rings is 2. The van der Waals surface area contributed by atoms with Crippen molar-refractivity contribution in [2.24, 2.45) is 0 Å². The van der Waals surface area contributed by atoms with Crippen molar-refractivity contribution in [3.63, 3.8) is 0 Å². The molecule has 1 N–H and O–H groups in total. The van der Waals surface area contributed by atoms with Crippen LogP contribution in [-0.2, 0) is 6.54 Å². The first-order valence-electron chi connectivity index (χ1n) is 13.9. The van der Waals surface area contributed by atoms with Gasteiger partial charge in [-0.3, -0.25) is 9.69 Å². The Labute approximate surface area is 237 Å². The smallest absolute Gasteiger partial charge is 0.341 e. The molecule has 10 heteroatoms. The molecule has 2 saturated heterocycles. The van der Waals surface area contributed by atoms with E-state index in [0.29, 0.717) is 37.4 Å².